The predicted octanol–water partition coefficient (Wildman–Crippen LogP) is 0.914. The third-order valence-corrected chi connectivity index (χ3v) is 3.22. The lowest BCUT2D eigenvalue weighted by Gasteiger charge is -2.05. The molecule has 0 unspecified atom stereocenters. The van der Waals surface area contributed by atoms with Gasteiger partial charge in [0.25, 0.3) is 10.0 Å². The molecule has 0 radical (unpaired) electrons. The maximum atomic E-state index is 11.8. The van der Waals surface area contributed by atoms with E-state index >= 15 is 0 Å². The van der Waals surface area contributed by atoms with E-state index in [1.807, 2.05) is 0 Å². The minimum absolute atomic E-state index is 0.0296. The highest BCUT2D eigenvalue weighted by Gasteiger charge is 2.15. The number of rotatable bonds is 3. The summed E-state index contributed by atoms with van der Waals surface area (Å²) >= 11 is 0. The summed E-state index contributed by atoms with van der Waals surface area (Å²) < 4.78 is 26.0. The van der Waals surface area contributed by atoms with Crippen LogP contribution in [0.2, 0.25) is 0 Å². The fourth-order valence-corrected chi connectivity index (χ4v) is 2.16. The second-order valence-electron chi connectivity index (χ2n) is 3.21. The van der Waals surface area contributed by atoms with E-state index in [-0.39, 0.29) is 5.03 Å². The molecular formula is C9H10N4O2S. The van der Waals surface area contributed by atoms with Crippen LogP contribution in [0.4, 0.5) is 5.69 Å². The Bertz CT molecular complexity index is 577. The van der Waals surface area contributed by atoms with Crippen LogP contribution in [0.5, 0.6) is 0 Å². The monoisotopic (exact) mass is 238 g/mol. The standard InChI is InChI=1S/C9H10N4O2S/c1-7-4-8(2-3-11-7)13-16(14,15)9-5-10-6-12-9/h2-6H,1H3,(H,10,12)(H,11,13). The van der Waals surface area contributed by atoms with Gasteiger partial charge >= 0.3 is 0 Å². The zero-order valence-corrected chi connectivity index (χ0v) is 9.32. The van der Waals surface area contributed by atoms with Gasteiger partial charge in [0.1, 0.15) is 0 Å². The Labute approximate surface area is 92.8 Å². The highest BCUT2D eigenvalue weighted by Crippen LogP contribution is 2.13. The molecule has 0 saturated heterocycles. The molecule has 2 N–H and O–H groups in total. The van der Waals surface area contributed by atoms with E-state index in [1.54, 1.807) is 25.3 Å². The maximum absolute atomic E-state index is 11.8. The largest absolute Gasteiger partial charge is 0.334 e. The van der Waals surface area contributed by atoms with Gasteiger partial charge in [-0.3, -0.25) is 9.71 Å². The van der Waals surface area contributed by atoms with Crippen molar-refractivity contribution in [1.82, 2.24) is 15.0 Å². The lowest BCUT2D eigenvalue weighted by Crippen LogP contribution is -2.13. The molecule has 0 spiro atoms. The van der Waals surface area contributed by atoms with Crippen LogP contribution in [0, 0.1) is 6.92 Å². The first-order valence-corrected chi connectivity index (χ1v) is 6.00. The molecular weight excluding hydrogens is 228 g/mol. The topological polar surface area (TPSA) is 87.7 Å². The van der Waals surface area contributed by atoms with E-state index in [4.69, 9.17) is 0 Å². The van der Waals surface area contributed by atoms with Crippen molar-refractivity contribution in [1.29, 1.82) is 0 Å². The highest BCUT2D eigenvalue weighted by atomic mass is 32.2. The summed E-state index contributed by atoms with van der Waals surface area (Å²) in [5.41, 5.74) is 1.21. The highest BCUT2D eigenvalue weighted by molar-refractivity contribution is 7.92. The molecule has 2 aromatic rings. The molecule has 2 aromatic heterocycles. The fraction of sp³-hybridized carbons (Fsp3) is 0.111. The quantitative estimate of drug-likeness (QED) is 0.832. The lowest BCUT2D eigenvalue weighted by molar-refractivity contribution is 0.598. The number of aryl methyl sites for hydroxylation is 1. The summed E-state index contributed by atoms with van der Waals surface area (Å²) in [4.78, 5) is 10.2. The van der Waals surface area contributed by atoms with Gasteiger partial charge in [-0.15, -0.1) is 0 Å². The van der Waals surface area contributed by atoms with Gasteiger partial charge in [0.2, 0.25) is 0 Å². The van der Waals surface area contributed by atoms with Crippen LogP contribution < -0.4 is 4.72 Å². The molecule has 2 heterocycles. The summed E-state index contributed by atoms with van der Waals surface area (Å²) in [6.07, 6.45) is 4.10. The second kappa shape index (κ2) is 3.93. The van der Waals surface area contributed by atoms with Crippen molar-refractivity contribution < 1.29 is 8.42 Å². The van der Waals surface area contributed by atoms with E-state index in [1.165, 1.54) is 12.5 Å². The Hall–Kier alpha value is -1.89. The molecule has 84 valence electrons. The van der Waals surface area contributed by atoms with Crippen molar-refractivity contribution in [3.05, 3.63) is 36.5 Å². The third kappa shape index (κ3) is 2.19. The number of nitrogens with one attached hydrogen (secondary N) is 2. The molecule has 0 aromatic carbocycles. The Balaban J connectivity index is 2.29. The molecule has 7 heteroatoms. The van der Waals surface area contributed by atoms with Gasteiger partial charge in [-0.05, 0) is 19.1 Å². The first kappa shape index (κ1) is 10.6. The van der Waals surface area contributed by atoms with E-state index in [0.717, 1.165) is 5.69 Å². The van der Waals surface area contributed by atoms with Gasteiger partial charge in [0.05, 0.1) is 18.2 Å². The average Bonchev–Trinajstić information content (AvgIpc) is 2.69. The van der Waals surface area contributed by atoms with Crippen molar-refractivity contribution in [2.24, 2.45) is 0 Å². The summed E-state index contributed by atoms with van der Waals surface area (Å²) in [6.45, 7) is 1.79. The normalized spacial score (nSPS) is 11.3. The minimum Gasteiger partial charge on any atom is -0.334 e. The summed E-state index contributed by atoms with van der Waals surface area (Å²) in [5, 5.41) is 0.0296. The van der Waals surface area contributed by atoms with Crippen molar-refractivity contribution in [3.8, 4) is 0 Å². The van der Waals surface area contributed by atoms with Crippen LogP contribution in [-0.4, -0.2) is 23.4 Å². The summed E-state index contributed by atoms with van der Waals surface area (Å²) in [5.74, 6) is 0. The lowest BCUT2D eigenvalue weighted by atomic mass is 10.3. The number of sulfonamides is 1. The Kier molecular flexibility index (Phi) is 2.61. The van der Waals surface area contributed by atoms with E-state index in [2.05, 4.69) is 19.7 Å². The molecule has 0 aliphatic rings. The van der Waals surface area contributed by atoms with Gasteiger partial charge in [0, 0.05) is 11.9 Å². The number of anilines is 1. The van der Waals surface area contributed by atoms with Crippen molar-refractivity contribution in [3.63, 3.8) is 0 Å². The molecule has 2 rings (SSSR count). The number of nitrogens with zero attached hydrogens (tertiary/aromatic N) is 2. The number of pyridine rings is 1. The van der Waals surface area contributed by atoms with Gasteiger partial charge < -0.3 is 4.98 Å². The van der Waals surface area contributed by atoms with Gasteiger partial charge in [-0.1, -0.05) is 0 Å². The van der Waals surface area contributed by atoms with Crippen molar-refractivity contribution in [2.45, 2.75) is 11.9 Å². The Morgan fingerprint density at radius 2 is 2.25 bits per heavy atom. The number of aromatic nitrogens is 3. The first-order valence-electron chi connectivity index (χ1n) is 4.52. The molecule has 0 saturated carbocycles. The SMILES string of the molecule is Cc1cc(NS(=O)(=O)c2cnc[nH]2)ccn1. The molecule has 0 fully saturated rings. The molecule has 0 aliphatic carbocycles. The number of hydrogen-bond acceptors (Lipinski definition) is 4. The Morgan fingerprint density at radius 3 is 2.88 bits per heavy atom. The zero-order chi connectivity index (χ0) is 11.6. The van der Waals surface area contributed by atoms with Crippen LogP contribution in [-0.2, 0) is 10.0 Å². The maximum Gasteiger partial charge on any atom is 0.278 e. The molecule has 0 amide bonds. The van der Waals surface area contributed by atoms with Gasteiger partial charge in [-0.25, -0.2) is 4.98 Å². The average molecular weight is 238 g/mol. The van der Waals surface area contributed by atoms with Crippen LogP contribution in [0.15, 0.2) is 35.9 Å². The summed E-state index contributed by atoms with van der Waals surface area (Å²) in [7, 11) is -3.58. The number of hydrogen-bond donors (Lipinski definition) is 2. The molecule has 0 aliphatic heterocycles. The smallest absolute Gasteiger partial charge is 0.278 e. The van der Waals surface area contributed by atoms with Crippen LogP contribution in [0.1, 0.15) is 5.69 Å². The minimum atomic E-state index is -3.58. The van der Waals surface area contributed by atoms with Crippen LogP contribution >= 0.6 is 0 Å². The van der Waals surface area contributed by atoms with E-state index in [0.29, 0.717) is 5.69 Å². The van der Waals surface area contributed by atoms with Crippen LogP contribution in [0.25, 0.3) is 0 Å². The van der Waals surface area contributed by atoms with Gasteiger partial charge in [0.15, 0.2) is 5.03 Å². The predicted molar refractivity (Wildman–Crippen MR) is 58.4 cm³/mol. The van der Waals surface area contributed by atoms with Crippen LogP contribution in [0.3, 0.4) is 0 Å². The first-order chi connectivity index (χ1) is 7.58. The van der Waals surface area contributed by atoms with Gasteiger partial charge in [-0.2, -0.15) is 8.42 Å². The van der Waals surface area contributed by atoms with E-state index < -0.39 is 10.0 Å². The fourth-order valence-electron chi connectivity index (χ4n) is 1.21. The molecule has 16 heavy (non-hydrogen) atoms. The summed E-state index contributed by atoms with van der Waals surface area (Å²) in [6, 6.07) is 3.23. The third-order valence-electron chi connectivity index (χ3n) is 1.91. The van der Waals surface area contributed by atoms with Crippen molar-refractivity contribution >= 4 is 15.7 Å². The van der Waals surface area contributed by atoms with Crippen molar-refractivity contribution in [2.75, 3.05) is 4.72 Å². The molecule has 6 nitrogen and oxygen atoms in total. The number of aromatic amines is 1. The number of imidazole rings is 1. The number of H-pyrrole nitrogens is 1. The van der Waals surface area contributed by atoms with E-state index in [9.17, 15) is 8.42 Å². The Morgan fingerprint density at radius 1 is 1.44 bits per heavy atom. The molecule has 0 bridgehead atoms. The second-order valence-corrected chi connectivity index (χ2v) is 4.86. The molecule has 0 atom stereocenters. The zero-order valence-electron chi connectivity index (χ0n) is 8.51.